The van der Waals surface area contributed by atoms with Crippen molar-refractivity contribution in [2.24, 2.45) is 5.73 Å². The number of primary amides is 1. The number of rotatable bonds is 19. The van der Waals surface area contributed by atoms with Crippen LogP contribution in [0.1, 0.15) is 13.8 Å². The van der Waals surface area contributed by atoms with Gasteiger partial charge in [-0.1, -0.05) is 0 Å². The van der Waals surface area contributed by atoms with Crippen molar-refractivity contribution < 1.29 is 37.7 Å². The quantitative estimate of drug-likeness (QED) is 0.227. The monoisotopic (exact) mass is 382 g/mol. The Morgan fingerprint density at radius 2 is 1.46 bits per heavy atom. The molecule has 0 aliphatic carbocycles. The molecular weight excluding hydrogens is 351 g/mol. The molecule has 0 heterocycles. The average Bonchev–Trinajstić information content (AvgIpc) is 2.59. The molecule has 0 aliphatic heterocycles. The second-order valence-corrected chi connectivity index (χ2v) is 5.80. The van der Waals surface area contributed by atoms with Gasteiger partial charge in [0.05, 0.1) is 65.0 Å². The molecule has 0 radical (unpaired) electrons. The third-order valence-corrected chi connectivity index (χ3v) is 3.20. The van der Waals surface area contributed by atoms with Crippen LogP contribution in [0.15, 0.2) is 0 Å². The molecular formula is C16H31FN2O7. The zero-order chi connectivity index (χ0) is 19.7. The Morgan fingerprint density at radius 3 is 1.92 bits per heavy atom. The van der Waals surface area contributed by atoms with Gasteiger partial charge in [0.1, 0.15) is 12.8 Å². The second-order valence-electron chi connectivity index (χ2n) is 5.80. The van der Waals surface area contributed by atoms with E-state index in [-0.39, 0.29) is 19.8 Å². The zero-order valence-electron chi connectivity index (χ0n) is 15.5. The van der Waals surface area contributed by atoms with Gasteiger partial charge < -0.3 is 34.7 Å². The Hall–Kier alpha value is -1.33. The van der Waals surface area contributed by atoms with Gasteiger partial charge in [-0.15, -0.1) is 0 Å². The SMILES string of the molecule is CC(C)(OCCOCCOCCOCCOCC(N)=O)C(F)CNC=O. The summed E-state index contributed by atoms with van der Waals surface area (Å²) in [6.45, 7) is 5.85. The number of alkyl halides is 1. The van der Waals surface area contributed by atoms with Crippen LogP contribution < -0.4 is 11.1 Å². The van der Waals surface area contributed by atoms with Crippen molar-refractivity contribution >= 4 is 12.3 Å². The van der Waals surface area contributed by atoms with Crippen molar-refractivity contribution in [2.75, 3.05) is 66.0 Å². The summed E-state index contributed by atoms with van der Waals surface area (Å²) < 4.78 is 40.0. The summed E-state index contributed by atoms with van der Waals surface area (Å²) in [6, 6.07) is 0. The first-order chi connectivity index (χ1) is 12.4. The lowest BCUT2D eigenvalue weighted by Crippen LogP contribution is -2.43. The van der Waals surface area contributed by atoms with E-state index in [1.165, 1.54) is 0 Å². The highest BCUT2D eigenvalue weighted by Crippen LogP contribution is 2.17. The molecule has 0 aromatic rings. The lowest BCUT2D eigenvalue weighted by molar-refractivity contribution is -0.123. The van der Waals surface area contributed by atoms with Gasteiger partial charge in [0.15, 0.2) is 0 Å². The smallest absolute Gasteiger partial charge is 0.243 e. The van der Waals surface area contributed by atoms with Crippen LogP contribution in [0, 0.1) is 0 Å². The number of nitrogens with two attached hydrogens (primary N) is 1. The van der Waals surface area contributed by atoms with E-state index in [4.69, 9.17) is 29.4 Å². The molecule has 10 heteroatoms. The number of carbonyl (C=O) groups excluding carboxylic acids is 2. The number of nitrogens with one attached hydrogen (secondary N) is 1. The van der Waals surface area contributed by atoms with E-state index in [1.54, 1.807) is 13.8 Å². The van der Waals surface area contributed by atoms with E-state index in [9.17, 15) is 14.0 Å². The summed E-state index contributed by atoms with van der Waals surface area (Å²) in [5.74, 6) is -0.512. The minimum Gasteiger partial charge on any atom is -0.377 e. The van der Waals surface area contributed by atoms with Crippen molar-refractivity contribution in [3.05, 3.63) is 0 Å². The van der Waals surface area contributed by atoms with E-state index in [0.717, 1.165) is 0 Å². The van der Waals surface area contributed by atoms with E-state index in [2.05, 4.69) is 5.32 Å². The van der Waals surface area contributed by atoms with Crippen molar-refractivity contribution in [3.8, 4) is 0 Å². The lowest BCUT2D eigenvalue weighted by Gasteiger charge is -2.28. The number of halogens is 1. The summed E-state index contributed by atoms with van der Waals surface area (Å²) in [6.07, 6.45) is -0.855. The molecule has 26 heavy (non-hydrogen) atoms. The van der Waals surface area contributed by atoms with Gasteiger partial charge in [-0.05, 0) is 13.8 Å². The predicted octanol–water partition coefficient (Wildman–Crippen LogP) is -0.583. The van der Waals surface area contributed by atoms with Crippen molar-refractivity contribution in [3.63, 3.8) is 0 Å². The average molecular weight is 382 g/mol. The molecule has 0 bridgehead atoms. The summed E-state index contributed by atoms with van der Waals surface area (Å²) in [5.41, 5.74) is 3.90. The Balaban J connectivity index is 3.35. The standard InChI is InChI=1S/C16H31FN2O7/c1-16(2,14(17)11-19-13-20)26-10-9-24-6-5-22-3-4-23-7-8-25-12-15(18)21/h13-14H,3-12H2,1-2H3,(H2,18,21)(H,19,20). The van der Waals surface area contributed by atoms with Gasteiger partial charge in [-0.25, -0.2) is 4.39 Å². The Morgan fingerprint density at radius 1 is 1.00 bits per heavy atom. The highest BCUT2D eigenvalue weighted by atomic mass is 19.1. The van der Waals surface area contributed by atoms with Gasteiger partial charge in [-0.3, -0.25) is 9.59 Å². The molecule has 0 spiro atoms. The van der Waals surface area contributed by atoms with Crippen molar-refractivity contribution in [1.82, 2.24) is 5.32 Å². The molecule has 0 saturated heterocycles. The summed E-state index contributed by atoms with van der Waals surface area (Å²) >= 11 is 0. The topological polar surface area (TPSA) is 118 Å². The van der Waals surface area contributed by atoms with Crippen LogP contribution in [0.3, 0.4) is 0 Å². The molecule has 0 aromatic heterocycles. The highest BCUT2D eigenvalue weighted by molar-refractivity contribution is 5.74. The lowest BCUT2D eigenvalue weighted by atomic mass is 10.0. The van der Waals surface area contributed by atoms with Crippen molar-refractivity contribution in [2.45, 2.75) is 25.6 Å². The Labute approximate surface area is 153 Å². The van der Waals surface area contributed by atoms with Crippen LogP contribution >= 0.6 is 0 Å². The largest absolute Gasteiger partial charge is 0.377 e. The number of amides is 2. The first kappa shape index (κ1) is 24.7. The predicted molar refractivity (Wildman–Crippen MR) is 91.5 cm³/mol. The fourth-order valence-electron chi connectivity index (χ4n) is 1.68. The number of carbonyl (C=O) groups is 2. The van der Waals surface area contributed by atoms with Gasteiger partial charge >= 0.3 is 0 Å². The second kappa shape index (κ2) is 15.9. The number of hydrogen-bond acceptors (Lipinski definition) is 7. The molecule has 2 amide bonds. The minimum absolute atomic E-state index is 0.0927. The van der Waals surface area contributed by atoms with Crippen LogP contribution in [-0.4, -0.2) is 90.1 Å². The molecule has 154 valence electrons. The summed E-state index contributed by atoms with van der Waals surface area (Å²) in [4.78, 5) is 20.6. The highest BCUT2D eigenvalue weighted by Gasteiger charge is 2.30. The first-order valence-electron chi connectivity index (χ1n) is 8.44. The third kappa shape index (κ3) is 15.0. The fourth-order valence-corrected chi connectivity index (χ4v) is 1.68. The third-order valence-electron chi connectivity index (χ3n) is 3.20. The normalized spacial score (nSPS) is 12.7. The van der Waals surface area contributed by atoms with Crippen LogP contribution in [0.4, 0.5) is 4.39 Å². The first-order valence-corrected chi connectivity index (χ1v) is 8.44. The molecule has 9 nitrogen and oxygen atoms in total. The maximum absolute atomic E-state index is 13.8. The molecule has 0 rings (SSSR count). The fraction of sp³-hybridized carbons (Fsp3) is 0.875. The van der Waals surface area contributed by atoms with E-state index in [0.29, 0.717) is 52.7 Å². The molecule has 0 aromatic carbocycles. The molecule has 0 fully saturated rings. The zero-order valence-corrected chi connectivity index (χ0v) is 15.5. The van der Waals surface area contributed by atoms with E-state index < -0.39 is 17.7 Å². The number of ether oxygens (including phenoxy) is 5. The molecule has 1 unspecified atom stereocenters. The Kier molecular flexibility index (Phi) is 15.1. The summed E-state index contributed by atoms with van der Waals surface area (Å²) in [5, 5.41) is 2.29. The van der Waals surface area contributed by atoms with Crippen LogP contribution in [0.5, 0.6) is 0 Å². The van der Waals surface area contributed by atoms with E-state index >= 15 is 0 Å². The van der Waals surface area contributed by atoms with Crippen molar-refractivity contribution in [1.29, 1.82) is 0 Å². The molecule has 1 atom stereocenters. The van der Waals surface area contributed by atoms with Gasteiger partial charge in [0, 0.05) is 0 Å². The minimum atomic E-state index is -1.31. The van der Waals surface area contributed by atoms with Crippen LogP contribution in [0.2, 0.25) is 0 Å². The molecule has 3 N–H and O–H groups in total. The van der Waals surface area contributed by atoms with Crippen LogP contribution in [0.25, 0.3) is 0 Å². The van der Waals surface area contributed by atoms with Gasteiger partial charge in [0.25, 0.3) is 0 Å². The van der Waals surface area contributed by atoms with E-state index in [1.807, 2.05) is 0 Å². The molecule has 0 saturated carbocycles. The maximum atomic E-state index is 13.8. The van der Waals surface area contributed by atoms with Crippen LogP contribution in [-0.2, 0) is 33.3 Å². The number of hydrogen-bond donors (Lipinski definition) is 2. The van der Waals surface area contributed by atoms with Gasteiger partial charge in [-0.2, -0.15) is 0 Å². The maximum Gasteiger partial charge on any atom is 0.243 e. The molecule has 0 aliphatic rings. The Bertz CT molecular complexity index is 373. The van der Waals surface area contributed by atoms with Gasteiger partial charge in [0.2, 0.25) is 12.3 Å². The summed E-state index contributed by atoms with van der Waals surface area (Å²) in [7, 11) is 0.